The molecule has 0 heterocycles. The lowest BCUT2D eigenvalue weighted by molar-refractivity contribution is -0.146. The molecular formula is C10H10BrF3. The number of benzene rings is 1. The largest absolute Gasteiger partial charge is 0.395 e. The fourth-order valence-corrected chi connectivity index (χ4v) is 1.46. The lowest BCUT2D eigenvalue weighted by Gasteiger charge is -2.15. The Labute approximate surface area is 89.3 Å². The molecule has 1 atom stereocenters. The van der Waals surface area contributed by atoms with Crippen molar-refractivity contribution in [1.29, 1.82) is 0 Å². The molecule has 1 rings (SSSR count). The van der Waals surface area contributed by atoms with Crippen LogP contribution in [0.2, 0.25) is 0 Å². The molecule has 78 valence electrons. The molecule has 0 aromatic heterocycles. The van der Waals surface area contributed by atoms with Crippen LogP contribution in [-0.2, 0) is 5.33 Å². The summed E-state index contributed by atoms with van der Waals surface area (Å²) >= 11 is 3.24. The van der Waals surface area contributed by atoms with Gasteiger partial charge in [0.2, 0.25) is 0 Å². The molecular weight excluding hydrogens is 257 g/mol. The fourth-order valence-electron chi connectivity index (χ4n) is 1.08. The van der Waals surface area contributed by atoms with Crippen molar-refractivity contribution in [1.82, 2.24) is 0 Å². The molecule has 0 amide bonds. The molecule has 0 aliphatic rings. The molecule has 0 aliphatic carbocycles. The van der Waals surface area contributed by atoms with E-state index in [0.29, 0.717) is 10.9 Å². The third kappa shape index (κ3) is 2.74. The molecule has 14 heavy (non-hydrogen) atoms. The molecule has 0 aliphatic heterocycles. The van der Waals surface area contributed by atoms with Crippen molar-refractivity contribution >= 4 is 15.9 Å². The zero-order chi connectivity index (χ0) is 10.8. The normalized spacial score (nSPS) is 14.1. The minimum absolute atomic E-state index is 0.308. The third-order valence-electron chi connectivity index (χ3n) is 2.13. The van der Waals surface area contributed by atoms with E-state index in [9.17, 15) is 13.2 Å². The highest BCUT2D eigenvalue weighted by molar-refractivity contribution is 9.08. The van der Waals surface area contributed by atoms with Crippen LogP contribution in [0.4, 0.5) is 13.2 Å². The Hall–Kier alpha value is -0.510. The molecule has 0 saturated heterocycles. The standard InChI is InChI=1S/C10H10BrF3/c1-7(10(12,13)14)9-4-2-8(6-11)3-5-9/h2-5,7H,6H2,1H3. The molecule has 1 aromatic carbocycles. The Morgan fingerprint density at radius 1 is 1.21 bits per heavy atom. The first-order valence-corrected chi connectivity index (χ1v) is 5.29. The van der Waals surface area contributed by atoms with Crippen LogP contribution in [0.25, 0.3) is 0 Å². The van der Waals surface area contributed by atoms with E-state index in [1.165, 1.54) is 19.1 Å². The Kier molecular flexibility index (Phi) is 3.59. The summed E-state index contributed by atoms with van der Waals surface area (Å²) in [7, 11) is 0. The number of alkyl halides is 4. The van der Waals surface area contributed by atoms with Gasteiger partial charge < -0.3 is 0 Å². The predicted molar refractivity (Wildman–Crippen MR) is 53.5 cm³/mol. The topological polar surface area (TPSA) is 0 Å². The summed E-state index contributed by atoms with van der Waals surface area (Å²) in [5.41, 5.74) is 1.28. The van der Waals surface area contributed by atoms with Gasteiger partial charge in [0, 0.05) is 5.33 Å². The number of rotatable bonds is 2. The minimum Gasteiger partial charge on any atom is -0.170 e. The zero-order valence-corrected chi connectivity index (χ0v) is 9.19. The van der Waals surface area contributed by atoms with E-state index in [-0.39, 0.29) is 0 Å². The maximum atomic E-state index is 12.3. The van der Waals surface area contributed by atoms with Crippen LogP contribution in [0.5, 0.6) is 0 Å². The first-order valence-electron chi connectivity index (χ1n) is 4.16. The van der Waals surface area contributed by atoms with Gasteiger partial charge in [-0.05, 0) is 18.1 Å². The second-order valence-electron chi connectivity index (χ2n) is 3.14. The van der Waals surface area contributed by atoms with E-state index in [1.54, 1.807) is 12.1 Å². The van der Waals surface area contributed by atoms with Gasteiger partial charge in [-0.1, -0.05) is 40.2 Å². The molecule has 1 aromatic rings. The van der Waals surface area contributed by atoms with Crippen molar-refractivity contribution < 1.29 is 13.2 Å². The van der Waals surface area contributed by atoms with Crippen LogP contribution in [0.1, 0.15) is 24.0 Å². The highest BCUT2D eigenvalue weighted by atomic mass is 79.9. The van der Waals surface area contributed by atoms with E-state index < -0.39 is 12.1 Å². The lowest BCUT2D eigenvalue weighted by Crippen LogP contribution is -2.17. The van der Waals surface area contributed by atoms with Gasteiger partial charge in [-0.2, -0.15) is 13.2 Å². The maximum Gasteiger partial charge on any atom is 0.395 e. The van der Waals surface area contributed by atoms with Crippen LogP contribution in [-0.4, -0.2) is 6.18 Å². The van der Waals surface area contributed by atoms with E-state index in [2.05, 4.69) is 15.9 Å². The summed E-state index contributed by atoms with van der Waals surface area (Å²) in [6.45, 7) is 1.17. The summed E-state index contributed by atoms with van der Waals surface area (Å²) in [6.07, 6.45) is -4.16. The lowest BCUT2D eigenvalue weighted by atomic mass is 10.00. The summed E-state index contributed by atoms with van der Waals surface area (Å²) in [5.74, 6) is -1.40. The Morgan fingerprint density at radius 2 is 1.71 bits per heavy atom. The zero-order valence-electron chi connectivity index (χ0n) is 7.61. The van der Waals surface area contributed by atoms with E-state index in [1.807, 2.05) is 0 Å². The van der Waals surface area contributed by atoms with Crippen LogP contribution in [0.3, 0.4) is 0 Å². The smallest absolute Gasteiger partial charge is 0.170 e. The molecule has 0 saturated carbocycles. The first-order chi connectivity index (χ1) is 6.45. The summed E-state index contributed by atoms with van der Waals surface area (Å²) in [5, 5.41) is 0.660. The van der Waals surface area contributed by atoms with Gasteiger partial charge in [0.15, 0.2) is 0 Å². The van der Waals surface area contributed by atoms with Gasteiger partial charge in [-0.25, -0.2) is 0 Å². The molecule has 0 bridgehead atoms. The second kappa shape index (κ2) is 4.34. The highest BCUT2D eigenvalue weighted by Crippen LogP contribution is 2.34. The average Bonchev–Trinajstić information content (AvgIpc) is 2.15. The number of hydrogen-bond acceptors (Lipinski definition) is 0. The number of hydrogen-bond donors (Lipinski definition) is 0. The molecule has 0 radical (unpaired) electrons. The van der Waals surface area contributed by atoms with Crippen molar-refractivity contribution in [2.24, 2.45) is 0 Å². The van der Waals surface area contributed by atoms with Crippen LogP contribution in [0, 0.1) is 0 Å². The summed E-state index contributed by atoms with van der Waals surface area (Å²) in [6, 6.07) is 6.45. The van der Waals surface area contributed by atoms with Crippen LogP contribution in [0.15, 0.2) is 24.3 Å². The SMILES string of the molecule is CC(c1ccc(CBr)cc1)C(F)(F)F. The van der Waals surface area contributed by atoms with Gasteiger partial charge in [-0.3, -0.25) is 0 Å². The fraction of sp³-hybridized carbons (Fsp3) is 0.400. The Morgan fingerprint density at radius 3 is 2.07 bits per heavy atom. The third-order valence-corrected chi connectivity index (χ3v) is 2.77. The van der Waals surface area contributed by atoms with Gasteiger partial charge in [0.05, 0.1) is 5.92 Å². The van der Waals surface area contributed by atoms with Crippen molar-refractivity contribution in [3.63, 3.8) is 0 Å². The first kappa shape index (κ1) is 11.6. The molecule has 4 heteroatoms. The summed E-state index contributed by atoms with van der Waals surface area (Å²) in [4.78, 5) is 0. The van der Waals surface area contributed by atoms with Crippen molar-refractivity contribution in [3.05, 3.63) is 35.4 Å². The van der Waals surface area contributed by atoms with Crippen molar-refractivity contribution in [2.75, 3.05) is 0 Å². The van der Waals surface area contributed by atoms with Gasteiger partial charge in [0.25, 0.3) is 0 Å². The quantitative estimate of drug-likeness (QED) is 0.703. The monoisotopic (exact) mass is 266 g/mol. The second-order valence-corrected chi connectivity index (χ2v) is 3.70. The number of halogens is 4. The van der Waals surface area contributed by atoms with E-state index in [4.69, 9.17) is 0 Å². The van der Waals surface area contributed by atoms with Gasteiger partial charge in [0.1, 0.15) is 0 Å². The Bertz CT molecular complexity index is 289. The highest BCUT2D eigenvalue weighted by Gasteiger charge is 2.36. The van der Waals surface area contributed by atoms with Crippen molar-refractivity contribution in [2.45, 2.75) is 24.3 Å². The van der Waals surface area contributed by atoms with Gasteiger partial charge in [-0.15, -0.1) is 0 Å². The van der Waals surface area contributed by atoms with Gasteiger partial charge >= 0.3 is 6.18 Å². The van der Waals surface area contributed by atoms with E-state index in [0.717, 1.165) is 5.56 Å². The summed E-state index contributed by atoms with van der Waals surface area (Å²) < 4.78 is 36.9. The molecule has 0 fully saturated rings. The molecule has 0 N–H and O–H groups in total. The van der Waals surface area contributed by atoms with Crippen LogP contribution < -0.4 is 0 Å². The average molecular weight is 267 g/mol. The molecule has 0 nitrogen and oxygen atoms in total. The van der Waals surface area contributed by atoms with Crippen LogP contribution >= 0.6 is 15.9 Å². The molecule has 1 unspecified atom stereocenters. The predicted octanol–water partition coefficient (Wildman–Crippen LogP) is 4.25. The van der Waals surface area contributed by atoms with Crippen molar-refractivity contribution in [3.8, 4) is 0 Å². The molecule has 0 spiro atoms. The minimum atomic E-state index is -4.16. The van der Waals surface area contributed by atoms with E-state index >= 15 is 0 Å². The maximum absolute atomic E-state index is 12.3. The Balaban J connectivity index is 2.87.